The first kappa shape index (κ1) is 14.6. The monoisotopic (exact) mass is 312 g/mol. The third kappa shape index (κ3) is 2.41. The van der Waals surface area contributed by atoms with Crippen LogP contribution >= 0.6 is 0 Å². The minimum atomic E-state index is 0.167. The van der Waals surface area contributed by atoms with Crippen molar-refractivity contribution < 1.29 is 0 Å². The standard InChI is InChI=1S/C17H24N6/c1-12-14(9-20-22(12)2)10-23-7-3-5-17(11-23)6-4-13-8-19-16(18)21-15(13)17/h8-9H,3-7,10-11H2,1-2H3,(H2,18,19,21). The maximum Gasteiger partial charge on any atom is 0.220 e. The van der Waals surface area contributed by atoms with E-state index in [1.807, 2.05) is 24.1 Å². The second-order valence-electron chi connectivity index (χ2n) is 7.08. The Morgan fingerprint density at radius 2 is 2.17 bits per heavy atom. The molecule has 6 heteroatoms. The van der Waals surface area contributed by atoms with E-state index in [2.05, 4.69) is 26.9 Å². The maximum absolute atomic E-state index is 5.85. The molecule has 1 fully saturated rings. The van der Waals surface area contributed by atoms with Crippen LogP contribution in [0.4, 0.5) is 5.95 Å². The number of anilines is 1. The molecule has 1 aliphatic carbocycles. The molecule has 0 amide bonds. The Kier molecular flexibility index (Phi) is 3.37. The van der Waals surface area contributed by atoms with Crippen LogP contribution in [0, 0.1) is 6.92 Å². The summed E-state index contributed by atoms with van der Waals surface area (Å²) in [6.07, 6.45) is 8.59. The second kappa shape index (κ2) is 5.30. The average molecular weight is 312 g/mol. The van der Waals surface area contributed by atoms with E-state index in [-0.39, 0.29) is 5.41 Å². The van der Waals surface area contributed by atoms with Gasteiger partial charge in [0.1, 0.15) is 0 Å². The van der Waals surface area contributed by atoms with Crippen molar-refractivity contribution in [3.05, 3.63) is 34.9 Å². The van der Waals surface area contributed by atoms with Crippen LogP contribution in [0.15, 0.2) is 12.4 Å². The van der Waals surface area contributed by atoms with Crippen LogP contribution in [-0.2, 0) is 25.4 Å². The Hall–Kier alpha value is -1.95. The quantitative estimate of drug-likeness (QED) is 0.911. The minimum absolute atomic E-state index is 0.167. The van der Waals surface area contributed by atoms with E-state index in [1.165, 1.54) is 41.8 Å². The summed E-state index contributed by atoms with van der Waals surface area (Å²) in [7, 11) is 2.00. The zero-order valence-corrected chi connectivity index (χ0v) is 13.9. The van der Waals surface area contributed by atoms with E-state index in [0.29, 0.717) is 5.95 Å². The van der Waals surface area contributed by atoms with Gasteiger partial charge in [-0.3, -0.25) is 9.58 Å². The van der Waals surface area contributed by atoms with Crippen LogP contribution in [0.3, 0.4) is 0 Å². The van der Waals surface area contributed by atoms with Crippen molar-refractivity contribution in [3.63, 3.8) is 0 Å². The van der Waals surface area contributed by atoms with Gasteiger partial charge in [-0.1, -0.05) is 0 Å². The molecule has 1 aliphatic heterocycles. The lowest BCUT2D eigenvalue weighted by Crippen LogP contribution is -2.45. The van der Waals surface area contributed by atoms with Crippen LogP contribution in [-0.4, -0.2) is 37.7 Å². The van der Waals surface area contributed by atoms with Gasteiger partial charge >= 0.3 is 0 Å². The zero-order valence-electron chi connectivity index (χ0n) is 13.9. The van der Waals surface area contributed by atoms with Crippen molar-refractivity contribution >= 4 is 5.95 Å². The summed E-state index contributed by atoms with van der Waals surface area (Å²) < 4.78 is 1.95. The number of hydrogen-bond acceptors (Lipinski definition) is 5. The van der Waals surface area contributed by atoms with Crippen LogP contribution in [0.1, 0.15) is 41.8 Å². The van der Waals surface area contributed by atoms with Gasteiger partial charge in [0, 0.05) is 43.0 Å². The number of likely N-dealkylation sites (tertiary alicyclic amines) is 1. The fraction of sp³-hybridized carbons (Fsp3) is 0.588. The molecule has 1 spiro atoms. The molecule has 0 bridgehead atoms. The molecule has 0 aromatic carbocycles. The number of rotatable bonds is 2. The largest absolute Gasteiger partial charge is 0.368 e. The molecule has 1 atom stereocenters. The SMILES string of the molecule is Cc1c(CN2CCCC3(CCc4cnc(N)nc43)C2)cnn1C. The van der Waals surface area contributed by atoms with Crippen molar-refractivity contribution in [2.45, 2.75) is 44.6 Å². The molecule has 0 saturated carbocycles. The van der Waals surface area contributed by atoms with Crippen molar-refractivity contribution in [2.24, 2.45) is 7.05 Å². The summed E-state index contributed by atoms with van der Waals surface area (Å²) in [5, 5.41) is 4.37. The smallest absolute Gasteiger partial charge is 0.220 e. The van der Waals surface area contributed by atoms with Gasteiger partial charge in [0.15, 0.2) is 0 Å². The Labute approximate surface area is 136 Å². The lowest BCUT2D eigenvalue weighted by atomic mass is 9.77. The summed E-state index contributed by atoms with van der Waals surface area (Å²) in [5.74, 6) is 0.408. The second-order valence-corrected chi connectivity index (χ2v) is 7.08. The summed E-state index contributed by atoms with van der Waals surface area (Å²) in [6.45, 7) is 5.31. The van der Waals surface area contributed by atoms with Crippen molar-refractivity contribution in [2.75, 3.05) is 18.8 Å². The first-order chi connectivity index (χ1) is 11.1. The van der Waals surface area contributed by atoms with Crippen molar-refractivity contribution in [3.8, 4) is 0 Å². The molecule has 3 heterocycles. The first-order valence-corrected chi connectivity index (χ1v) is 8.39. The number of nitrogens with zero attached hydrogens (tertiary/aromatic N) is 5. The Bertz CT molecular complexity index is 733. The zero-order chi connectivity index (χ0) is 16.0. The molecular formula is C17H24N6. The molecule has 6 nitrogen and oxygen atoms in total. The molecule has 0 radical (unpaired) electrons. The lowest BCUT2D eigenvalue weighted by Gasteiger charge is -2.40. The number of hydrogen-bond donors (Lipinski definition) is 1. The van der Waals surface area contributed by atoms with E-state index in [0.717, 1.165) is 26.1 Å². The predicted molar refractivity (Wildman–Crippen MR) is 88.9 cm³/mol. The summed E-state index contributed by atoms with van der Waals surface area (Å²) in [4.78, 5) is 11.3. The normalized spacial score (nSPS) is 24.3. The van der Waals surface area contributed by atoms with E-state index < -0.39 is 0 Å². The van der Waals surface area contributed by atoms with Crippen LogP contribution in [0.2, 0.25) is 0 Å². The highest BCUT2D eigenvalue weighted by Gasteiger charge is 2.43. The minimum Gasteiger partial charge on any atom is -0.368 e. The third-order valence-electron chi connectivity index (χ3n) is 5.65. The number of nitrogen functional groups attached to an aromatic ring is 1. The van der Waals surface area contributed by atoms with Gasteiger partial charge in [0.25, 0.3) is 0 Å². The molecule has 2 N–H and O–H groups in total. The van der Waals surface area contributed by atoms with Gasteiger partial charge in [0.05, 0.1) is 11.9 Å². The molecule has 1 unspecified atom stereocenters. The van der Waals surface area contributed by atoms with Gasteiger partial charge in [-0.2, -0.15) is 5.10 Å². The number of nitrogens with two attached hydrogens (primary N) is 1. The molecule has 4 rings (SSSR count). The summed E-state index contributed by atoms with van der Waals surface area (Å²) in [5.41, 5.74) is 11.1. The molecule has 1 saturated heterocycles. The highest BCUT2D eigenvalue weighted by atomic mass is 15.3. The number of aryl methyl sites for hydroxylation is 2. The fourth-order valence-electron chi connectivity index (χ4n) is 4.25. The topological polar surface area (TPSA) is 72.9 Å². The fourth-order valence-corrected chi connectivity index (χ4v) is 4.25. The number of fused-ring (bicyclic) bond motifs is 2. The summed E-state index contributed by atoms with van der Waals surface area (Å²) in [6, 6.07) is 0. The van der Waals surface area contributed by atoms with Crippen molar-refractivity contribution in [1.29, 1.82) is 0 Å². The molecular weight excluding hydrogens is 288 g/mol. The van der Waals surface area contributed by atoms with E-state index >= 15 is 0 Å². The lowest BCUT2D eigenvalue weighted by molar-refractivity contribution is 0.136. The van der Waals surface area contributed by atoms with Gasteiger partial charge in [-0.05, 0) is 44.7 Å². The number of piperidine rings is 1. The Morgan fingerprint density at radius 1 is 1.30 bits per heavy atom. The van der Waals surface area contributed by atoms with Gasteiger partial charge in [0.2, 0.25) is 5.95 Å². The maximum atomic E-state index is 5.85. The highest BCUT2D eigenvalue weighted by Crippen LogP contribution is 2.44. The van der Waals surface area contributed by atoms with E-state index in [4.69, 9.17) is 5.73 Å². The van der Waals surface area contributed by atoms with Crippen molar-refractivity contribution in [1.82, 2.24) is 24.6 Å². The molecule has 2 aromatic rings. The Morgan fingerprint density at radius 3 is 2.96 bits per heavy atom. The van der Waals surface area contributed by atoms with Crippen LogP contribution < -0.4 is 5.73 Å². The molecule has 2 aromatic heterocycles. The summed E-state index contributed by atoms with van der Waals surface area (Å²) >= 11 is 0. The van der Waals surface area contributed by atoms with Gasteiger partial charge < -0.3 is 5.73 Å². The third-order valence-corrected chi connectivity index (χ3v) is 5.65. The van der Waals surface area contributed by atoms with E-state index in [1.54, 1.807) is 0 Å². The Balaban J connectivity index is 1.59. The highest BCUT2D eigenvalue weighted by molar-refractivity contribution is 5.37. The number of aromatic nitrogens is 4. The molecule has 23 heavy (non-hydrogen) atoms. The van der Waals surface area contributed by atoms with Crippen LogP contribution in [0.25, 0.3) is 0 Å². The first-order valence-electron chi connectivity index (χ1n) is 8.39. The van der Waals surface area contributed by atoms with Crippen LogP contribution in [0.5, 0.6) is 0 Å². The molecule has 2 aliphatic rings. The van der Waals surface area contributed by atoms with E-state index in [9.17, 15) is 0 Å². The predicted octanol–water partition coefficient (Wildman–Crippen LogP) is 1.58. The van der Waals surface area contributed by atoms with Gasteiger partial charge in [-0.15, -0.1) is 0 Å². The molecule has 122 valence electrons. The average Bonchev–Trinajstić information content (AvgIpc) is 3.03. The van der Waals surface area contributed by atoms with Gasteiger partial charge in [-0.25, -0.2) is 9.97 Å².